The number of hydrogen-bond donors (Lipinski definition) is 0. The van der Waals surface area contributed by atoms with Crippen LogP contribution in [0.15, 0.2) is 0 Å². The van der Waals surface area contributed by atoms with Crippen LogP contribution < -0.4 is 0 Å². The average Bonchev–Trinajstić information content (AvgIpc) is 2.24. The third kappa shape index (κ3) is 4.60. The minimum Gasteiger partial charge on any atom is -0.103 e. The molecule has 1 rings (SSSR count). The molecule has 0 amide bonds. The molecule has 3 atom stereocenters. The highest BCUT2D eigenvalue weighted by Gasteiger charge is 2.25. The van der Waals surface area contributed by atoms with Crippen LogP contribution in [0.4, 0.5) is 0 Å². The van der Waals surface area contributed by atoms with Gasteiger partial charge in [0.25, 0.3) is 0 Å². The van der Waals surface area contributed by atoms with E-state index in [0.717, 1.165) is 36.5 Å². The lowest BCUT2D eigenvalue weighted by molar-refractivity contribution is 0.187. The zero-order valence-corrected chi connectivity index (χ0v) is 11.6. The highest BCUT2D eigenvalue weighted by molar-refractivity contribution is 5.01. The van der Waals surface area contributed by atoms with Crippen LogP contribution in [-0.4, -0.2) is 0 Å². The molecule has 1 saturated carbocycles. The molecule has 0 heterocycles. The molecule has 0 aromatic heterocycles. The summed E-state index contributed by atoms with van der Waals surface area (Å²) in [6, 6.07) is 0. The lowest BCUT2D eigenvalue weighted by atomic mass is 9.73. The molecule has 0 aromatic carbocycles. The Morgan fingerprint density at radius 2 is 1.62 bits per heavy atom. The van der Waals surface area contributed by atoms with Gasteiger partial charge >= 0.3 is 0 Å². The van der Waals surface area contributed by atoms with E-state index in [-0.39, 0.29) is 0 Å². The Kier molecular flexibility index (Phi) is 5.96. The highest BCUT2D eigenvalue weighted by Crippen LogP contribution is 2.35. The van der Waals surface area contributed by atoms with Gasteiger partial charge in [-0.15, -0.1) is 11.8 Å². The van der Waals surface area contributed by atoms with Gasteiger partial charge < -0.3 is 0 Å². The monoisotopic (exact) mass is 220 g/mol. The molecular weight excluding hydrogens is 192 g/mol. The molecule has 1 aliphatic carbocycles. The van der Waals surface area contributed by atoms with E-state index >= 15 is 0 Å². The first-order valence-corrected chi connectivity index (χ1v) is 7.07. The second kappa shape index (κ2) is 7.00. The van der Waals surface area contributed by atoms with Crippen LogP contribution >= 0.6 is 0 Å². The van der Waals surface area contributed by atoms with Crippen molar-refractivity contribution in [2.75, 3.05) is 0 Å². The molecular formula is C16H28. The molecule has 92 valence electrons. The SMILES string of the molecule is CC(C)CC#CCC(C)C1CCCCC1C. The first kappa shape index (κ1) is 13.6. The predicted molar refractivity (Wildman–Crippen MR) is 72.1 cm³/mol. The number of rotatable bonds is 3. The molecule has 1 fully saturated rings. The molecule has 0 aromatic rings. The molecule has 1 aliphatic rings. The molecule has 0 aliphatic heterocycles. The van der Waals surface area contributed by atoms with Gasteiger partial charge in [0.15, 0.2) is 0 Å². The summed E-state index contributed by atoms with van der Waals surface area (Å²) in [7, 11) is 0. The summed E-state index contributed by atoms with van der Waals surface area (Å²) in [5.41, 5.74) is 0. The second-order valence-corrected chi connectivity index (χ2v) is 6.06. The minimum atomic E-state index is 0.719. The maximum Gasteiger partial charge on any atom is 0.0117 e. The molecule has 0 spiro atoms. The van der Waals surface area contributed by atoms with Gasteiger partial charge in [0.2, 0.25) is 0 Å². The van der Waals surface area contributed by atoms with Crippen molar-refractivity contribution >= 4 is 0 Å². The van der Waals surface area contributed by atoms with E-state index in [1.807, 2.05) is 0 Å². The first-order chi connectivity index (χ1) is 7.61. The summed E-state index contributed by atoms with van der Waals surface area (Å²) < 4.78 is 0. The maximum atomic E-state index is 3.38. The average molecular weight is 220 g/mol. The van der Waals surface area contributed by atoms with E-state index in [0.29, 0.717) is 0 Å². The Bertz CT molecular complexity index is 240. The van der Waals surface area contributed by atoms with Crippen molar-refractivity contribution in [3.05, 3.63) is 0 Å². The molecule has 0 bridgehead atoms. The van der Waals surface area contributed by atoms with Crippen molar-refractivity contribution in [1.82, 2.24) is 0 Å². The van der Waals surface area contributed by atoms with Crippen molar-refractivity contribution in [2.24, 2.45) is 23.7 Å². The third-order valence-corrected chi connectivity index (χ3v) is 3.97. The molecule has 0 saturated heterocycles. The molecule has 0 nitrogen and oxygen atoms in total. The third-order valence-electron chi connectivity index (χ3n) is 3.97. The van der Waals surface area contributed by atoms with Crippen LogP contribution in [0.1, 0.15) is 66.2 Å². The van der Waals surface area contributed by atoms with Crippen LogP contribution in [0.2, 0.25) is 0 Å². The van der Waals surface area contributed by atoms with Gasteiger partial charge in [-0.2, -0.15) is 0 Å². The highest BCUT2D eigenvalue weighted by atomic mass is 14.3. The predicted octanol–water partition coefficient (Wildman–Crippen LogP) is 4.89. The number of hydrogen-bond acceptors (Lipinski definition) is 0. The molecule has 0 N–H and O–H groups in total. The van der Waals surface area contributed by atoms with Gasteiger partial charge in [0.05, 0.1) is 0 Å². The van der Waals surface area contributed by atoms with E-state index in [2.05, 4.69) is 39.5 Å². The molecule has 0 radical (unpaired) electrons. The zero-order chi connectivity index (χ0) is 12.0. The van der Waals surface area contributed by atoms with E-state index in [1.165, 1.54) is 25.7 Å². The summed E-state index contributed by atoms with van der Waals surface area (Å²) in [4.78, 5) is 0. The van der Waals surface area contributed by atoms with Crippen LogP contribution in [0, 0.1) is 35.5 Å². The van der Waals surface area contributed by atoms with Crippen LogP contribution in [-0.2, 0) is 0 Å². The fourth-order valence-electron chi connectivity index (χ4n) is 2.85. The van der Waals surface area contributed by atoms with E-state index in [9.17, 15) is 0 Å². The van der Waals surface area contributed by atoms with Crippen molar-refractivity contribution in [3.8, 4) is 11.8 Å². The lowest BCUT2D eigenvalue weighted by Gasteiger charge is -2.32. The van der Waals surface area contributed by atoms with E-state index < -0.39 is 0 Å². The van der Waals surface area contributed by atoms with Crippen molar-refractivity contribution in [3.63, 3.8) is 0 Å². The van der Waals surface area contributed by atoms with Gasteiger partial charge in [0.1, 0.15) is 0 Å². The smallest absolute Gasteiger partial charge is 0.0117 e. The standard InChI is InChI=1S/C16H28/c1-13(2)9-5-6-10-14(3)16-12-8-7-11-15(16)4/h13-16H,7-12H2,1-4H3. The summed E-state index contributed by atoms with van der Waals surface area (Å²) >= 11 is 0. The summed E-state index contributed by atoms with van der Waals surface area (Å²) in [6.07, 6.45) is 7.94. The van der Waals surface area contributed by atoms with E-state index in [4.69, 9.17) is 0 Å². The van der Waals surface area contributed by atoms with Crippen molar-refractivity contribution in [2.45, 2.75) is 66.2 Å². The quantitative estimate of drug-likeness (QED) is 0.594. The topological polar surface area (TPSA) is 0 Å². The van der Waals surface area contributed by atoms with Crippen LogP contribution in [0.5, 0.6) is 0 Å². The van der Waals surface area contributed by atoms with E-state index in [1.54, 1.807) is 0 Å². The van der Waals surface area contributed by atoms with Gasteiger partial charge in [-0.3, -0.25) is 0 Å². The molecule has 16 heavy (non-hydrogen) atoms. The largest absolute Gasteiger partial charge is 0.103 e. The Morgan fingerprint density at radius 1 is 1.00 bits per heavy atom. The molecule has 0 heteroatoms. The first-order valence-electron chi connectivity index (χ1n) is 7.07. The Balaban J connectivity index is 2.32. The Labute approximate surface area is 102 Å². The van der Waals surface area contributed by atoms with Gasteiger partial charge in [-0.05, 0) is 30.1 Å². The van der Waals surface area contributed by atoms with Crippen LogP contribution in [0.25, 0.3) is 0 Å². The summed E-state index contributed by atoms with van der Waals surface area (Å²) in [6.45, 7) is 9.31. The van der Waals surface area contributed by atoms with Crippen LogP contribution in [0.3, 0.4) is 0 Å². The Hall–Kier alpha value is -0.440. The summed E-state index contributed by atoms with van der Waals surface area (Å²) in [5.74, 6) is 10.1. The fourth-order valence-corrected chi connectivity index (χ4v) is 2.85. The fraction of sp³-hybridized carbons (Fsp3) is 0.875. The Morgan fingerprint density at radius 3 is 2.25 bits per heavy atom. The van der Waals surface area contributed by atoms with Crippen molar-refractivity contribution < 1.29 is 0 Å². The van der Waals surface area contributed by atoms with Gasteiger partial charge in [-0.25, -0.2) is 0 Å². The second-order valence-electron chi connectivity index (χ2n) is 6.06. The normalized spacial score (nSPS) is 27.3. The van der Waals surface area contributed by atoms with Crippen molar-refractivity contribution in [1.29, 1.82) is 0 Å². The molecule has 3 unspecified atom stereocenters. The van der Waals surface area contributed by atoms with Gasteiger partial charge in [0, 0.05) is 12.8 Å². The zero-order valence-electron chi connectivity index (χ0n) is 11.6. The van der Waals surface area contributed by atoms with Gasteiger partial charge in [-0.1, -0.05) is 47.0 Å². The maximum absolute atomic E-state index is 3.38. The minimum absolute atomic E-state index is 0.719. The summed E-state index contributed by atoms with van der Waals surface area (Å²) in [5, 5.41) is 0. The lowest BCUT2D eigenvalue weighted by Crippen LogP contribution is -2.23.